The number of aryl methyl sites for hydroxylation is 1. The van der Waals surface area contributed by atoms with Crippen LogP contribution in [-0.4, -0.2) is 19.0 Å². The Kier molecular flexibility index (Phi) is 5.04. The molecule has 0 atom stereocenters. The molecule has 116 valence electrons. The third-order valence-corrected chi connectivity index (χ3v) is 3.78. The zero-order valence-corrected chi connectivity index (χ0v) is 13.4. The molecule has 2 aromatic carbocycles. The molecule has 0 aromatic heterocycles. The van der Waals surface area contributed by atoms with E-state index in [1.54, 1.807) is 0 Å². The first-order valence-electron chi connectivity index (χ1n) is 7.58. The van der Waals surface area contributed by atoms with E-state index in [2.05, 4.69) is 24.1 Å². The smallest absolute Gasteiger partial charge is 0.255 e. The monoisotopic (exact) mass is 297 g/mol. The van der Waals surface area contributed by atoms with Gasteiger partial charge in [-0.3, -0.25) is 4.79 Å². The largest absolute Gasteiger partial charge is 0.397 e. The van der Waals surface area contributed by atoms with Gasteiger partial charge in [-0.2, -0.15) is 0 Å². The maximum atomic E-state index is 12.3. The van der Waals surface area contributed by atoms with Gasteiger partial charge in [-0.15, -0.1) is 0 Å². The molecule has 0 saturated carbocycles. The zero-order chi connectivity index (χ0) is 16.1. The van der Waals surface area contributed by atoms with Gasteiger partial charge in [-0.05, 0) is 50.6 Å². The number of hydrogen-bond donors (Lipinski definition) is 2. The van der Waals surface area contributed by atoms with Crippen molar-refractivity contribution < 1.29 is 4.79 Å². The van der Waals surface area contributed by atoms with E-state index in [4.69, 9.17) is 5.73 Å². The molecule has 0 saturated heterocycles. The van der Waals surface area contributed by atoms with Gasteiger partial charge in [0.1, 0.15) is 0 Å². The van der Waals surface area contributed by atoms with E-state index >= 15 is 0 Å². The first-order valence-corrected chi connectivity index (χ1v) is 7.58. The number of carbonyl (C=O) groups excluding carboxylic acids is 1. The Labute approximate surface area is 131 Å². The number of nitrogens with one attached hydrogen (secondary N) is 1. The third kappa shape index (κ3) is 3.39. The van der Waals surface area contributed by atoms with Gasteiger partial charge in [-0.25, -0.2) is 0 Å². The van der Waals surface area contributed by atoms with Crippen molar-refractivity contribution in [2.75, 3.05) is 29.0 Å². The minimum absolute atomic E-state index is 0.118. The third-order valence-electron chi connectivity index (χ3n) is 3.78. The van der Waals surface area contributed by atoms with Crippen LogP contribution >= 0.6 is 0 Å². The Morgan fingerprint density at radius 1 is 1.14 bits per heavy atom. The lowest BCUT2D eigenvalue weighted by Crippen LogP contribution is -2.23. The van der Waals surface area contributed by atoms with E-state index in [0.717, 1.165) is 24.3 Å². The van der Waals surface area contributed by atoms with Gasteiger partial charge in [0.25, 0.3) is 5.91 Å². The van der Waals surface area contributed by atoms with Crippen molar-refractivity contribution >= 4 is 23.0 Å². The fraction of sp³-hybridized carbons (Fsp3) is 0.278. The fourth-order valence-electron chi connectivity index (χ4n) is 2.51. The number of carbonyl (C=O) groups is 1. The summed E-state index contributed by atoms with van der Waals surface area (Å²) in [6.45, 7) is 7.91. The summed E-state index contributed by atoms with van der Waals surface area (Å²) in [5.74, 6) is -0.118. The van der Waals surface area contributed by atoms with Gasteiger partial charge in [0.05, 0.1) is 11.4 Å². The summed E-state index contributed by atoms with van der Waals surface area (Å²) in [6, 6.07) is 13.2. The zero-order valence-electron chi connectivity index (χ0n) is 13.4. The average Bonchev–Trinajstić information content (AvgIpc) is 2.50. The van der Waals surface area contributed by atoms with Crippen LogP contribution in [0.15, 0.2) is 42.5 Å². The number of anilines is 3. The molecular weight excluding hydrogens is 274 g/mol. The average molecular weight is 297 g/mol. The highest BCUT2D eigenvalue weighted by Gasteiger charge is 2.11. The molecule has 0 aliphatic heterocycles. The van der Waals surface area contributed by atoms with Crippen LogP contribution in [0.1, 0.15) is 29.8 Å². The van der Waals surface area contributed by atoms with Gasteiger partial charge >= 0.3 is 0 Å². The summed E-state index contributed by atoms with van der Waals surface area (Å²) in [7, 11) is 0. The van der Waals surface area contributed by atoms with Crippen molar-refractivity contribution in [3.63, 3.8) is 0 Å². The standard InChI is InChI=1S/C18H23N3O/c1-4-21(5-2)17-11-10-14(12-16(17)19)20-18(22)15-9-7-6-8-13(15)3/h6-12H,4-5,19H2,1-3H3,(H,20,22). The van der Waals surface area contributed by atoms with Crippen LogP contribution in [0.4, 0.5) is 17.1 Å². The van der Waals surface area contributed by atoms with E-state index in [9.17, 15) is 4.79 Å². The molecular formula is C18H23N3O. The number of nitrogens with zero attached hydrogens (tertiary/aromatic N) is 1. The SMILES string of the molecule is CCN(CC)c1ccc(NC(=O)c2ccccc2C)cc1N. The summed E-state index contributed by atoms with van der Waals surface area (Å²) < 4.78 is 0. The van der Waals surface area contributed by atoms with Crippen molar-refractivity contribution in [2.45, 2.75) is 20.8 Å². The number of amides is 1. The summed E-state index contributed by atoms with van der Waals surface area (Å²) in [5.41, 5.74) is 10.1. The Hall–Kier alpha value is -2.49. The van der Waals surface area contributed by atoms with Crippen molar-refractivity contribution in [1.82, 2.24) is 0 Å². The Morgan fingerprint density at radius 2 is 1.82 bits per heavy atom. The molecule has 2 rings (SSSR count). The summed E-state index contributed by atoms with van der Waals surface area (Å²) in [6.07, 6.45) is 0. The Bertz CT molecular complexity index is 663. The Morgan fingerprint density at radius 3 is 2.41 bits per heavy atom. The van der Waals surface area contributed by atoms with Gasteiger partial charge in [0.2, 0.25) is 0 Å². The molecule has 2 aromatic rings. The molecule has 0 radical (unpaired) electrons. The van der Waals surface area contributed by atoms with Crippen LogP contribution in [0.3, 0.4) is 0 Å². The maximum Gasteiger partial charge on any atom is 0.255 e. The lowest BCUT2D eigenvalue weighted by molar-refractivity contribution is 0.102. The molecule has 22 heavy (non-hydrogen) atoms. The second-order valence-electron chi connectivity index (χ2n) is 5.21. The molecule has 0 unspecified atom stereocenters. The van der Waals surface area contributed by atoms with Crippen molar-refractivity contribution in [3.05, 3.63) is 53.6 Å². The minimum atomic E-state index is -0.118. The molecule has 4 heteroatoms. The lowest BCUT2D eigenvalue weighted by atomic mass is 10.1. The first-order chi connectivity index (χ1) is 10.6. The second-order valence-corrected chi connectivity index (χ2v) is 5.21. The molecule has 4 nitrogen and oxygen atoms in total. The quantitative estimate of drug-likeness (QED) is 0.828. The molecule has 0 heterocycles. The fourth-order valence-corrected chi connectivity index (χ4v) is 2.51. The number of hydrogen-bond acceptors (Lipinski definition) is 3. The summed E-state index contributed by atoms with van der Waals surface area (Å²) >= 11 is 0. The predicted octanol–water partition coefficient (Wildman–Crippen LogP) is 3.68. The highest BCUT2D eigenvalue weighted by molar-refractivity contribution is 6.05. The van der Waals surface area contributed by atoms with E-state index < -0.39 is 0 Å². The highest BCUT2D eigenvalue weighted by atomic mass is 16.1. The number of rotatable bonds is 5. The first kappa shape index (κ1) is 15.9. The molecule has 0 aliphatic rings. The topological polar surface area (TPSA) is 58.4 Å². The summed E-state index contributed by atoms with van der Waals surface area (Å²) in [5, 5.41) is 2.90. The van der Waals surface area contributed by atoms with Crippen molar-refractivity contribution in [1.29, 1.82) is 0 Å². The van der Waals surface area contributed by atoms with Gasteiger partial charge in [0, 0.05) is 24.3 Å². The van der Waals surface area contributed by atoms with Crippen molar-refractivity contribution in [3.8, 4) is 0 Å². The van der Waals surface area contributed by atoms with E-state index in [-0.39, 0.29) is 5.91 Å². The normalized spacial score (nSPS) is 10.3. The van der Waals surface area contributed by atoms with E-state index in [0.29, 0.717) is 16.9 Å². The summed E-state index contributed by atoms with van der Waals surface area (Å²) in [4.78, 5) is 14.5. The van der Waals surface area contributed by atoms with Crippen molar-refractivity contribution in [2.24, 2.45) is 0 Å². The Balaban J connectivity index is 2.19. The number of nitrogen functional groups attached to an aromatic ring is 1. The van der Waals surface area contributed by atoms with Gasteiger partial charge in [0.15, 0.2) is 0 Å². The highest BCUT2D eigenvalue weighted by Crippen LogP contribution is 2.26. The molecule has 3 N–H and O–H groups in total. The number of nitrogens with two attached hydrogens (primary N) is 1. The van der Waals surface area contributed by atoms with Crippen LogP contribution in [-0.2, 0) is 0 Å². The molecule has 0 fully saturated rings. The lowest BCUT2D eigenvalue weighted by Gasteiger charge is -2.23. The van der Waals surface area contributed by atoms with Gasteiger partial charge < -0.3 is 16.0 Å². The predicted molar refractivity (Wildman–Crippen MR) is 93.5 cm³/mol. The van der Waals surface area contributed by atoms with E-state index in [1.165, 1.54) is 0 Å². The van der Waals surface area contributed by atoms with Crippen LogP contribution in [0.25, 0.3) is 0 Å². The van der Waals surface area contributed by atoms with Crippen LogP contribution in [0.5, 0.6) is 0 Å². The molecule has 0 spiro atoms. The second kappa shape index (κ2) is 6.98. The maximum absolute atomic E-state index is 12.3. The molecule has 0 bridgehead atoms. The minimum Gasteiger partial charge on any atom is -0.397 e. The van der Waals surface area contributed by atoms with Crippen LogP contribution < -0.4 is 16.0 Å². The molecule has 0 aliphatic carbocycles. The van der Waals surface area contributed by atoms with Crippen LogP contribution in [0, 0.1) is 6.92 Å². The van der Waals surface area contributed by atoms with Gasteiger partial charge in [-0.1, -0.05) is 18.2 Å². The van der Waals surface area contributed by atoms with Crippen LogP contribution in [0.2, 0.25) is 0 Å². The molecule has 1 amide bonds. The number of benzene rings is 2. The van der Waals surface area contributed by atoms with E-state index in [1.807, 2.05) is 49.4 Å².